The van der Waals surface area contributed by atoms with Crippen LogP contribution < -0.4 is 0 Å². The third-order valence-corrected chi connectivity index (χ3v) is 3.87. The summed E-state index contributed by atoms with van der Waals surface area (Å²) < 4.78 is 0. The SMILES string of the molecule is N#CC1(c2csc(-c3ccccc3)n2)CC1. The molecule has 0 N–H and O–H groups in total. The van der Waals surface area contributed by atoms with Crippen molar-refractivity contribution in [2.24, 2.45) is 0 Å². The van der Waals surface area contributed by atoms with Crippen LogP contribution in [0.2, 0.25) is 0 Å². The van der Waals surface area contributed by atoms with Gasteiger partial charge in [0.2, 0.25) is 0 Å². The lowest BCUT2D eigenvalue weighted by Gasteiger charge is -1.98. The van der Waals surface area contributed by atoms with Gasteiger partial charge in [0, 0.05) is 10.9 Å². The van der Waals surface area contributed by atoms with Crippen LogP contribution in [0.4, 0.5) is 0 Å². The van der Waals surface area contributed by atoms with E-state index in [1.54, 1.807) is 11.3 Å². The molecule has 1 aromatic carbocycles. The van der Waals surface area contributed by atoms with Gasteiger partial charge in [-0.05, 0) is 12.8 Å². The summed E-state index contributed by atoms with van der Waals surface area (Å²) >= 11 is 1.62. The standard InChI is InChI=1S/C13H10N2S/c14-9-13(6-7-13)11-8-16-12(15-11)10-4-2-1-3-5-10/h1-5,8H,6-7H2. The molecule has 3 heteroatoms. The summed E-state index contributed by atoms with van der Waals surface area (Å²) in [4.78, 5) is 4.58. The molecule has 0 atom stereocenters. The van der Waals surface area contributed by atoms with Gasteiger partial charge in [-0.2, -0.15) is 5.26 Å². The minimum absolute atomic E-state index is 0.260. The summed E-state index contributed by atoms with van der Waals surface area (Å²) in [7, 11) is 0. The first-order chi connectivity index (χ1) is 7.84. The van der Waals surface area contributed by atoms with E-state index in [1.165, 1.54) is 0 Å². The molecule has 1 aromatic heterocycles. The van der Waals surface area contributed by atoms with Gasteiger partial charge in [-0.15, -0.1) is 11.3 Å². The van der Waals surface area contributed by atoms with Crippen LogP contribution >= 0.6 is 11.3 Å². The van der Waals surface area contributed by atoms with Crippen molar-refractivity contribution < 1.29 is 0 Å². The molecule has 0 radical (unpaired) electrons. The smallest absolute Gasteiger partial charge is 0.123 e. The Morgan fingerprint density at radius 2 is 2.00 bits per heavy atom. The van der Waals surface area contributed by atoms with Crippen molar-refractivity contribution in [2.75, 3.05) is 0 Å². The van der Waals surface area contributed by atoms with Gasteiger partial charge < -0.3 is 0 Å². The number of nitriles is 1. The van der Waals surface area contributed by atoms with Crippen LogP contribution in [0.1, 0.15) is 18.5 Å². The van der Waals surface area contributed by atoms with Gasteiger partial charge in [0.15, 0.2) is 0 Å². The zero-order valence-corrected chi connectivity index (χ0v) is 9.50. The molecular formula is C13H10N2S. The third kappa shape index (κ3) is 1.43. The van der Waals surface area contributed by atoms with E-state index in [1.807, 2.05) is 23.6 Å². The van der Waals surface area contributed by atoms with E-state index in [-0.39, 0.29) is 5.41 Å². The first-order valence-electron chi connectivity index (χ1n) is 5.27. The Balaban J connectivity index is 1.98. The van der Waals surface area contributed by atoms with E-state index in [0.29, 0.717) is 0 Å². The highest BCUT2D eigenvalue weighted by atomic mass is 32.1. The van der Waals surface area contributed by atoms with Crippen LogP contribution in [0, 0.1) is 11.3 Å². The van der Waals surface area contributed by atoms with Crippen molar-refractivity contribution in [1.82, 2.24) is 4.98 Å². The summed E-state index contributed by atoms with van der Waals surface area (Å²) in [6.45, 7) is 0. The van der Waals surface area contributed by atoms with Crippen LogP contribution in [0.25, 0.3) is 10.6 Å². The fourth-order valence-corrected chi connectivity index (χ4v) is 2.68. The maximum atomic E-state index is 9.10. The molecule has 3 rings (SSSR count). The molecule has 0 spiro atoms. The lowest BCUT2D eigenvalue weighted by molar-refractivity contribution is 0.868. The largest absolute Gasteiger partial charge is 0.239 e. The van der Waals surface area contributed by atoms with Crippen LogP contribution in [-0.4, -0.2) is 4.98 Å². The molecule has 78 valence electrons. The summed E-state index contributed by atoms with van der Waals surface area (Å²) in [6, 6.07) is 12.5. The number of thiazole rings is 1. The predicted molar refractivity (Wildman–Crippen MR) is 64.1 cm³/mol. The highest BCUT2D eigenvalue weighted by Crippen LogP contribution is 2.48. The summed E-state index contributed by atoms with van der Waals surface area (Å²) in [5.74, 6) is 0. The second-order valence-corrected chi connectivity index (χ2v) is 4.96. The monoisotopic (exact) mass is 226 g/mol. The number of nitrogens with zero attached hydrogens (tertiary/aromatic N) is 2. The van der Waals surface area contributed by atoms with Crippen molar-refractivity contribution >= 4 is 11.3 Å². The van der Waals surface area contributed by atoms with Gasteiger partial charge in [0.1, 0.15) is 10.4 Å². The second kappa shape index (κ2) is 3.43. The fourth-order valence-electron chi connectivity index (χ4n) is 1.76. The first kappa shape index (κ1) is 9.56. The molecule has 1 saturated carbocycles. The lowest BCUT2D eigenvalue weighted by Crippen LogP contribution is -2.02. The number of rotatable bonds is 2. The molecule has 0 aliphatic heterocycles. The van der Waals surface area contributed by atoms with E-state index in [0.717, 1.165) is 29.1 Å². The van der Waals surface area contributed by atoms with Crippen molar-refractivity contribution in [1.29, 1.82) is 5.26 Å². The number of benzene rings is 1. The molecule has 0 amide bonds. The van der Waals surface area contributed by atoms with Crippen LogP contribution in [0.3, 0.4) is 0 Å². The molecule has 2 nitrogen and oxygen atoms in total. The van der Waals surface area contributed by atoms with Gasteiger partial charge in [0.25, 0.3) is 0 Å². The molecule has 1 fully saturated rings. The quantitative estimate of drug-likeness (QED) is 0.787. The van der Waals surface area contributed by atoms with E-state index >= 15 is 0 Å². The maximum Gasteiger partial charge on any atom is 0.123 e. The Labute approximate surface area is 98.2 Å². The Kier molecular flexibility index (Phi) is 2.05. The summed E-state index contributed by atoms with van der Waals surface area (Å²) in [5.41, 5.74) is 1.83. The normalized spacial score (nSPS) is 16.7. The first-order valence-corrected chi connectivity index (χ1v) is 6.15. The van der Waals surface area contributed by atoms with Crippen molar-refractivity contribution in [3.63, 3.8) is 0 Å². The van der Waals surface area contributed by atoms with Crippen molar-refractivity contribution in [2.45, 2.75) is 18.3 Å². The summed E-state index contributed by atoms with van der Waals surface area (Å²) in [5, 5.41) is 12.1. The van der Waals surface area contributed by atoms with Gasteiger partial charge in [0.05, 0.1) is 11.8 Å². The van der Waals surface area contributed by atoms with Gasteiger partial charge in [-0.1, -0.05) is 30.3 Å². The average Bonchev–Trinajstić information content (AvgIpc) is 3.00. The third-order valence-electron chi connectivity index (χ3n) is 2.98. The minimum Gasteiger partial charge on any atom is -0.239 e. The molecule has 0 saturated heterocycles. The summed E-state index contributed by atoms with van der Waals surface area (Å²) in [6.07, 6.45) is 1.92. The van der Waals surface area contributed by atoms with Crippen LogP contribution in [-0.2, 0) is 5.41 Å². The molecule has 1 aliphatic rings. The Bertz CT molecular complexity index is 547. The van der Waals surface area contributed by atoms with E-state index in [4.69, 9.17) is 5.26 Å². The molecule has 1 heterocycles. The number of aromatic nitrogens is 1. The van der Waals surface area contributed by atoms with Gasteiger partial charge >= 0.3 is 0 Å². The zero-order chi connectivity index (χ0) is 11.0. The highest BCUT2D eigenvalue weighted by molar-refractivity contribution is 7.13. The zero-order valence-electron chi connectivity index (χ0n) is 8.68. The molecule has 0 bridgehead atoms. The molecule has 2 aromatic rings. The minimum atomic E-state index is -0.260. The topological polar surface area (TPSA) is 36.7 Å². The van der Waals surface area contributed by atoms with Crippen molar-refractivity contribution in [3.8, 4) is 16.6 Å². The molecular weight excluding hydrogens is 216 g/mol. The average molecular weight is 226 g/mol. The Hall–Kier alpha value is -1.66. The Morgan fingerprint density at radius 3 is 2.62 bits per heavy atom. The molecule has 0 unspecified atom stereocenters. The van der Waals surface area contributed by atoms with Crippen molar-refractivity contribution in [3.05, 3.63) is 41.4 Å². The van der Waals surface area contributed by atoms with Gasteiger partial charge in [-0.3, -0.25) is 0 Å². The lowest BCUT2D eigenvalue weighted by atomic mass is 10.1. The van der Waals surface area contributed by atoms with Crippen LogP contribution in [0.5, 0.6) is 0 Å². The highest BCUT2D eigenvalue weighted by Gasteiger charge is 2.46. The van der Waals surface area contributed by atoms with E-state index in [2.05, 4.69) is 23.2 Å². The van der Waals surface area contributed by atoms with E-state index in [9.17, 15) is 0 Å². The predicted octanol–water partition coefficient (Wildman–Crippen LogP) is 3.37. The van der Waals surface area contributed by atoms with E-state index < -0.39 is 0 Å². The molecule has 16 heavy (non-hydrogen) atoms. The Morgan fingerprint density at radius 1 is 1.25 bits per heavy atom. The number of hydrogen-bond donors (Lipinski definition) is 0. The van der Waals surface area contributed by atoms with Gasteiger partial charge in [-0.25, -0.2) is 4.98 Å². The molecule has 1 aliphatic carbocycles. The fraction of sp³-hybridized carbons (Fsp3) is 0.231. The van der Waals surface area contributed by atoms with Crippen LogP contribution in [0.15, 0.2) is 35.7 Å². The second-order valence-electron chi connectivity index (χ2n) is 4.10. The maximum absolute atomic E-state index is 9.10. The number of hydrogen-bond acceptors (Lipinski definition) is 3.